The molecule has 26 heavy (non-hydrogen) atoms. The van der Waals surface area contributed by atoms with Crippen LogP contribution < -0.4 is 0 Å². The van der Waals surface area contributed by atoms with Crippen molar-refractivity contribution in [1.29, 1.82) is 0 Å². The number of benzene rings is 1. The molecule has 0 fully saturated rings. The number of aliphatic imine (C=N–C) groups is 1. The Kier molecular flexibility index (Phi) is 8.61. The van der Waals surface area contributed by atoms with E-state index in [0.717, 1.165) is 6.21 Å². The molecular formula is C18H21Cl2NO5. The van der Waals surface area contributed by atoms with Gasteiger partial charge in [0.2, 0.25) is 0 Å². The Hall–Kier alpha value is -2.05. The predicted molar refractivity (Wildman–Crippen MR) is 102 cm³/mol. The van der Waals surface area contributed by atoms with Crippen LogP contribution in [0.2, 0.25) is 10.0 Å². The molecule has 0 aliphatic rings. The lowest BCUT2D eigenvalue weighted by Crippen LogP contribution is -2.15. The molecule has 0 amide bonds. The summed E-state index contributed by atoms with van der Waals surface area (Å²) >= 11 is 12.2. The fourth-order valence-electron chi connectivity index (χ4n) is 1.80. The molecule has 0 heterocycles. The first-order chi connectivity index (χ1) is 12.2. The summed E-state index contributed by atoms with van der Waals surface area (Å²) < 4.78 is 10.1. The zero-order chi connectivity index (χ0) is 19.9. The highest BCUT2D eigenvalue weighted by atomic mass is 35.5. The Morgan fingerprint density at radius 3 is 2.50 bits per heavy atom. The van der Waals surface area contributed by atoms with Crippen molar-refractivity contribution in [2.75, 3.05) is 6.61 Å². The van der Waals surface area contributed by atoms with Gasteiger partial charge in [-0.25, -0.2) is 9.59 Å². The van der Waals surface area contributed by atoms with Crippen molar-refractivity contribution in [1.82, 2.24) is 0 Å². The molecule has 0 spiro atoms. The minimum Gasteiger partial charge on any atom is -0.512 e. The lowest BCUT2D eigenvalue weighted by Gasteiger charge is -2.10. The normalized spacial score (nSPS) is 12.3. The first-order valence-electron chi connectivity index (χ1n) is 7.98. The van der Waals surface area contributed by atoms with Crippen molar-refractivity contribution < 1.29 is 24.2 Å². The number of nitrogens with zero attached hydrogens (tertiary/aromatic N) is 1. The summed E-state index contributed by atoms with van der Waals surface area (Å²) in [5.74, 6) is -1.62. The van der Waals surface area contributed by atoms with E-state index in [0.29, 0.717) is 6.42 Å². The second-order valence-electron chi connectivity index (χ2n) is 5.63. The van der Waals surface area contributed by atoms with Gasteiger partial charge in [-0.3, -0.25) is 4.99 Å². The number of halogens is 2. The van der Waals surface area contributed by atoms with E-state index < -0.39 is 11.9 Å². The predicted octanol–water partition coefficient (Wildman–Crippen LogP) is 5.05. The van der Waals surface area contributed by atoms with Gasteiger partial charge in [-0.2, -0.15) is 0 Å². The quantitative estimate of drug-likeness (QED) is 0.299. The molecule has 0 bridgehead atoms. The monoisotopic (exact) mass is 401 g/mol. The average Bonchev–Trinajstić information content (AvgIpc) is 2.54. The smallest absolute Gasteiger partial charge is 0.343 e. The van der Waals surface area contributed by atoms with Crippen LogP contribution in [0.25, 0.3) is 0 Å². The van der Waals surface area contributed by atoms with Crippen molar-refractivity contribution in [3.63, 3.8) is 0 Å². The maximum atomic E-state index is 12.1. The van der Waals surface area contributed by atoms with E-state index in [1.807, 2.05) is 6.92 Å². The molecule has 6 nitrogen and oxygen atoms in total. The van der Waals surface area contributed by atoms with Gasteiger partial charge in [0.05, 0.1) is 29.0 Å². The van der Waals surface area contributed by atoms with Gasteiger partial charge >= 0.3 is 11.9 Å². The molecule has 1 aromatic rings. The van der Waals surface area contributed by atoms with Crippen molar-refractivity contribution >= 4 is 47.0 Å². The first-order valence-corrected chi connectivity index (χ1v) is 8.74. The molecule has 0 saturated heterocycles. The summed E-state index contributed by atoms with van der Waals surface area (Å²) in [7, 11) is 0. The van der Waals surface area contributed by atoms with Crippen LogP contribution in [0.5, 0.6) is 0 Å². The topological polar surface area (TPSA) is 85.2 Å². The third kappa shape index (κ3) is 6.35. The lowest BCUT2D eigenvalue weighted by atomic mass is 10.2. The van der Waals surface area contributed by atoms with Crippen molar-refractivity contribution in [2.45, 2.75) is 40.2 Å². The highest BCUT2D eigenvalue weighted by molar-refractivity contribution is 6.38. The van der Waals surface area contributed by atoms with E-state index in [9.17, 15) is 14.7 Å². The van der Waals surface area contributed by atoms with Gasteiger partial charge in [0, 0.05) is 11.2 Å². The van der Waals surface area contributed by atoms with Gasteiger partial charge < -0.3 is 14.6 Å². The number of aliphatic hydroxyl groups excluding tert-OH is 1. The Morgan fingerprint density at radius 1 is 1.31 bits per heavy atom. The number of aliphatic hydroxyl groups is 1. The molecule has 8 heteroatoms. The fourth-order valence-corrected chi connectivity index (χ4v) is 2.24. The summed E-state index contributed by atoms with van der Waals surface area (Å²) in [5, 5.41) is 9.94. The van der Waals surface area contributed by atoms with Crippen LogP contribution in [-0.4, -0.2) is 36.0 Å². The van der Waals surface area contributed by atoms with Crippen LogP contribution in [0.3, 0.4) is 0 Å². The number of carbonyl (C=O) groups excluding carboxylic acids is 2. The molecule has 0 radical (unpaired) electrons. The number of allylic oxidation sites excluding steroid dienone is 1. The van der Waals surface area contributed by atoms with Gasteiger partial charge in [0.25, 0.3) is 0 Å². The summed E-state index contributed by atoms with van der Waals surface area (Å²) in [6.45, 7) is 6.81. The highest BCUT2D eigenvalue weighted by Crippen LogP contribution is 2.33. The van der Waals surface area contributed by atoms with Crippen LogP contribution in [0.4, 0.5) is 5.69 Å². The molecular weight excluding hydrogens is 381 g/mol. The zero-order valence-electron chi connectivity index (χ0n) is 15.0. The molecule has 142 valence electrons. The van der Waals surface area contributed by atoms with E-state index in [4.69, 9.17) is 32.7 Å². The largest absolute Gasteiger partial charge is 0.512 e. The SMILES string of the molecule is CCCOC(=O)c1cc(Cl)cc(N=CC(C(=O)OC(C)C)=C(C)O)c1Cl. The molecule has 0 atom stereocenters. The number of hydrogen-bond donors (Lipinski definition) is 1. The average molecular weight is 402 g/mol. The molecule has 1 aromatic carbocycles. The number of hydrogen-bond acceptors (Lipinski definition) is 6. The van der Waals surface area contributed by atoms with E-state index in [-0.39, 0.29) is 45.3 Å². The van der Waals surface area contributed by atoms with Crippen molar-refractivity contribution in [3.8, 4) is 0 Å². The summed E-state index contributed by atoms with van der Waals surface area (Å²) in [6.07, 6.45) is 1.41. The number of esters is 2. The lowest BCUT2D eigenvalue weighted by molar-refractivity contribution is -0.142. The zero-order valence-corrected chi connectivity index (χ0v) is 16.5. The van der Waals surface area contributed by atoms with Gasteiger partial charge in [-0.05, 0) is 39.3 Å². The van der Waals surface area contributed by atoms with E-state index >= 15 is 0 Å². The van der Waals surface area contributed by atoms with Gasteiger partial charge in [-0.15, -0.1) is 0 Å². The highest BCUT2D eigenvalue weighted by Gasteiger charge is 2.18. The second-order valence-corrected chi connectivity index (χ2v) is 6.45. The molecule has 0 aliphatic carbocycles. The molecule has 1 rings (SSSR count). The number of carbonyl (C=O) groups is 2. The Bertz CT molecular complexity index is 737. The van der Waals surface area contributed by atoms with Crippen LogP contribution >= 0.6 is 23.2 Å². The fraction of sp³-hybridized carbons (Fsp3) is 0.389. The summed E-state index contributed by atoms with van der Waals surface area (Å²) in [4.78, 5) is 28.1. The van der Waals surface area contributed by atoms with Crippen LogP contribution in [0, 0.1) is 0 Å². The molecule has 0 aromatic heterocycles. The van der Waals surface area contributed by atoms with E-state index in [2.05, 4.69) is 4.99 Å². The minimum atomic E-state index is -0.732. The van der Waals surface area contributed by atoms with Gasteiger partial charge in [0.1, 0.15) is 11.3 Å². The third-order valence-corrected chi connectivity index (χ3v) is 3.58. The number of ether oxygens (including phenoxy) is 2. The van der Waals surface area contributed by atoms with E-state index in [1.165, 1.54) is 19.1 Å². The third-order valence-electron chi connectivity index (χ3n) is 2.96. The standard InChI is InChI=1S/C18H21Cl2NO5/c1-5-6-25-17(23)13-7-12(19)8-15(16(13)20)21-9-14(11(4)22)18(24)26-10(2)3/h7-10,22H,5-6H2,1-4H3. The summed E-state index contributed by atoms with van der Waals surface area (Å²) in [6, 6.07) is 2.80. The maximum Gasteiger partial charge on any atom is 0.343 e. The minimum absolute atomic E-state index is 0.0268. The van der Waals surface area contributed by atoms with E-state index in [1.54, 1.807) is 13.8 Å². The van der Waals surface area contributed by atoms with Crippen LogP contribution in [0.15, 0.2) is 28.5 Å². The molecule has 0 aliphatic heterocycles. The summed E-state index contributed by atoms with van der Waals surface area (Å²) in [5.41, 5.74) is 0.0827. The van der Waals surface area contributed by atoms with Crippen LogP contribution in [-0.2, 0) is 14.3 Å². The molecule has 0 saturated carbocycles. The Labute approximate surface area is 162 Å². The Balaban J connectivity index is 3.21. The molecule has 1 N–H and O–H groups in total. The number of rotatable bonds is 7. The van der Waals surface area contributed by atoms with Gasteiger partial charge in [-0.1, -0.05) is 30.1 Å². The van der Waals surface area contributed by atoms with Gasteiger partial charge in [0.15, 0.2) is 0 Å². The first kappa shape index (κ1) is 22.0. The van der Waals surface area contributed by atoms with Crippen LogP contribution in [0.1, 0.15) is 44.5 Å². The Morgan fingerprint density at radius 2 is 1.96 bits per heavy atom. The molecule has 0 unspecified atom stereocenters. The van der Waals surface area contributed by atoms with Crippen molar-refractivity contribution in [3.05, 3.63) is 39.1 Å². The second kappa shape index (κ2) is 10.2. The maximum absolute atomic E-state index is 12.1. The van der Waals surface area contributed by atoms with Crippen molar-refractivity contribution in [2.24, 2.45) is 4.99 Å².